The van der Waals surface area contributed by atoms with Crippen molar-refractivity contribution in [1.82, 2.24) is 10.1 Å². The van der Waals surface area contributed by atoms with Gasteiger partial charge in [0.05, 0.1) is 9.95 Å². The first-order valence-electron chi connectivity index (χ1n) is 6.53. The SMILES string of the molecule is O=C(OCc1nc(-c2ccccc2Cl)no1)c1ccc([N+](=O)[O-])s1. The second-order valence-electron chi connectivity index (χ2n) is 4.46. The van der Waals surface area contributed by atoms with Gasteiger partial charge in [-0.2, -0.15) is 4.98 Å². The smallest absolute Gasteiger partial charge is 0.349 e. The van der Waals surface area contributed by atoms with Crippen molar-refractivity contribution in [2.24, 2.45) is 0 Å². The Balaban J connectivity index is 1.66. The van der Waals surface area contributed by atoms with E-state index in [9.17, 15) is 14.9 Å². The van der Waals surface area contributed by atoms with Crippen molar-refractivity contribution < 1.29 is 19.0 Å². The fourth-order valence-corrected chi connectivity index (χ4v) is 2.73. The number of nitrogens with zero attached hydrogens (tertiary/aromatic N) is 3. The summed E-state index contributed by atoms with van der Waals surface area (Å²) < 4.78 is 10.0. The average molecular weight is 366 g/mol. The zero-order chi connectivity index (χ0) is 17.1. The minimum atomic E-state index is -0.703. The fraction of sp³-hybridized carbons (Fsp3) is 0.0714. The number of carbonyl (C=O) groups is 1. The largest absolute Gasteiger partial charge is 0.451 e. The maximum absolute atomic E-state index is 11.8. The van der Waals surface area contributed by atoms with Crippen molar-refractivity contribution in [3.63, 3.8) is 0 Å². The lowest BCUT2D eigenvalue weighted by Gasteiger charge is -1.98. The molecule has 0 unspecified atom stereocenters. The molecular formula is C14H8ClN3O5S. The number of rotatable bonds is 5. The van der Waals surface area contributed by atoms with Crippen LogP contribution in [-0.4, -0.2) is 21.0 Å². The molecule has 2 aromatic heterocycles. The van der Waals surface area contributed by atoms with E-state index in [0.717, 1.165) is 11.3 Å². The van der Waals surface area contributed by atoms with Crippen LogP contribution < -0.4 is 0 Å². The van der Waals surface area contributed by atoms with Crippen molar-refractivity contribution >= 4 is 33.9 Å². The van der Waals surface area contributed by atoms with Crippen LogP contribution in [0.1, 0.15) is 15.6 Å². The molecule has 0 saturated heterocycles. The van der Waals surface area contributed by atoms with Crippen LogP contribution in [-0.2, 0) is 11.3 Å². The molecular weight excluding hydrogens is 358 g/mol. The molecule has 0 N–H and O–H groups in total. The first-order valence-corrected chi connectivity index (χ1v) is 7.73. The number of thiophene rings is 1. The molecule has 0 aliphatic carbocycles. The molecule has 0 spiro atoms. The van der Waals surface area contributed by atoms with Gasteiger partial charge < -0.3 is 9.26 Å². The lowest BCUT2D eigenvalue weighted by Crippen LogP contribution is -2.03. The molecule has 0 aliphatic rings. The number of carbonyl (C=O) groups excluding carboxylic acids is 1. The summed E-state index contributed by atoms with van der Waals surface area (Å²) in [5.74, 6) is -0.340. The van der Waals surface area contributed by atoms with Crippen LogP contribution in [0, 0.1) is 10.1 Å². The predicted molar refractivity (Wildman–Crippen MR) is 84.8 cm³/mol. The Kier molecular flexibility index (Phi) is 4.54. The third-order valence-corrected chi connectivity index (χ3v) is 4.23. The van der Waals surface area contributed by atoms with Crippen LogP contribution in [0.2, 0.25) is 5.02 Å². The normalized spacial score (nSPS) is 10.5. The zero-order valence-corrected chi connectivity index (χ0v) is 13.4. The first kappa shape index (κ1) is 16.1. The number of hydrogen-bond acceptors (Lipinski definition) is 8. The Morgan fingerprint density at radius 1 is 1.33 bits per heavy atom. The molecule has 0 radical (unpaired) electrons. The van der Waals surface area contributed by atoms with Gasteiger partial charge in [-0.1, -0.05) is 40.2 Å². The number of nitro groups is 1. The Bertz CT molecular complexity index is 907. The molecule has 24 heavy (non-hydrogen) atoms. The summed E-state index contributed by atoms with van der Waals surface area (Å²) in [7, 11) is 0. The van der Waals surface area contributed by atoms with Crippen molar-refractivity contribution in [2.45, 2.75) is 6.61 Å². The molecule has 0 bridgehead atoms. The third kappa shape index (κ3) is 3.42. The van der Waals surface area contributed by atoms with E-state index in [1.165, 1.54) is 12.1 Å². The topological polar surface area (TPSA) is 108 Å². The number of esters is 1. The number of aromatic nitrogens is 2. The summed E-state index contributed by atoms with van der Waals surface area (Å²) >= 11 is 6.77. The molecule has 3 aromatic rings. The fourth-order valence-electron chi connectivity index (χ4n) is 1.80. The van der Waals surface area contributed by atoms with Crippen LogP contribution in [0.15, 0.2) is 40.9 Å². The molecule has 0 amide bonds. The summed E-state index contributed by atoms with van der Waals surface area (Å²) in [6.45, 7) is -0.248. The highest BCUT2D eigenvalue weighted by Crippen LogP contribution is 2.26. The van der Waals surface area contributed by atoms with Gasteiger partial charge in [0.25, 0.3) is 5.89 Å². The monoisotopic (exact) mass is 365 g/mol. The van der Waals surface area contributed by atoms with Crippen LogP contribution in [0.5, 0.6) is 0 Å². The van der Waals surface area contributed by atoms with Crippen LogP contribution in [0.4, 0.5) is 5.00 Å². The van der Waals surface area contributed by atoms with Crippen molar-refractivity contribution in [3.8, 4) is 11.4 Å². The molecule has 2 heterocycles. The van der Waals surface area contributed by atoms with Crippen LogP contribution >= 0.6 is 22.9 Å². The predicted octanol–water partition coefficient (Wildman–Crippen LogP) is 3.72. The third-order valence-electron chi connectivity index (χ3n) is 2.88. The van der Waals surface area contributed by atoms with Crippen molar-refractivity contribution in [2.75, 3.05) is 0 Å². The van der Waals surface area contributed by atoms with Gasteiger partial charge in [0, 0.05) is 11.6 Å². The van der Waals surface area contributed by atoms with E-state index in [4.69, 9.17) is 20.9 Å². The molecule has 0 atom stereocenters. The molecule has 0 fully saturated rings. The highest BCUT2D eigenvalue weighted by molar-refractivity contribution is 7.17. The van der Waals surface area contributed by atoms with Gasteiger partial charge in [-0.15, -0.1) is 0 Å². The van der Waals surface area contributed by atoms with E-state index in [1.54, 1.807) is 24.3 Å². The minimum Gasteiger partial charge on any atom is -0.451 e. The minimum absolute atomic E-state index is 0.0873. The van der Waals surface area contributed by atoms with Gasteiger partial charge in [-0.3, -0.25) is 10.1 Å². The van der Waals surface area contributed by atoms with E-state index in [0.29, 0.717) is 10.6 Å². The number of hydrogen-bond donors (Lipinski definition) is 0. The van der Waals surface area contributed by atoms with Gasteiger partial charge in [-0.05, 0) is 18.2 Å². The van der Waals surface area contributed by atoms with Crippen LogP contribution in [0.3, 0.4) is 0 Å². The molecule has 0 saturated carbocycles. The average Bonchev–Trinajstić information content (AvgIpc) is 3.22. The number of benzene rings is 1. The maximum Gasteiger partial charge on any atom is 0.349 e. The number of ether oxygens (including phenoxy) is 1. The van der Waals surface area contributed by atoms with Gasteiger partial charge in [0.15, 0.2) is 6.61 Å². The molecule has 3 rings (SSSR count). The summed E-state index contributed by atoms with van der Waals surface area (Å²) in [6.07, 6.45) is 0. The summed E-state index contributed by atoms with van der Waals surface area (Å²) in [5.41, 5.74) is 0.592. The van der Waals surface area contributed by atoms with E-state index in [-0.39, 0.29) is 28.2 Å². The molecule has 0 aliphatic heterocycles. The zero-order valence-electron chi connectivity index (χ0n) is 11.8. The van der Waals surface area contributed by atoms with E-state index < -0.39 is 10.9 Å². The van der Waals surface area contributed by atoms with Crippen molar-refractivity contribution in [3.05, 3.63) is 62.3 Å². The van der Waals surface area contributed by atoms with Gasteiger partial charge >= 0.3 is 11.0 Å². The van der Waals surface area contributed by atoms with Gasteiger partial charge in [0.1, 0.15) is 4.88 Å². The van der Waals surface area contributed by atoms with Gasteiger partial charge in [-0.25, -0.2) is 4.79 Å². The Morgan fingerprint density at radius 3 is 2.83 bits per heavy atom. The quantitative estimate of drug-likeness (QED) is 0.385. The standard InChI is InChI=1S/C14H8ClN3O5S/c15-9-4-2-1-3-8(9)13-16-11(23-17-13)7-22-14(19)10-5-6-12(24-10)18(20)21/h1-6H,7H2. The number of halogens is 1. The van der Waals surface area contributed by atoms with Crippen LogP contribution in [0.25, 0.3) is 11.4 Å². The summed E-state index contributed by atoms with van der Waals surface area (Å²) in [6, 6.07) is 9.54. The maximum atomic E-state index is 11.8. The Hall–Kier alpha value is -2.78. The van der Waals surface area contributed by atoms with Gasteiger partial charge in [0.2, 0.25) is 5.82 Å². The van der Waals surface area contributed by atoms with Crippen molar-refractivity contribution in [1.29, 1.82) is 0 Å². The molecule has 8 nitrogen and oxygen atoms in total. The van der Waals surface area contributed by atoms with E-state index in [2.05, 4.69) is 10.1 Å². The Labute approximate surface area is 143 Å². The molecule has 10 heteroatoms. The lowest BCUT2D eigenvalue weighted by molar-refractivity contribution is -0.380. The second-order valence-corrected chi connectivity index (χ2v) is 5.93. The second kappa shape index (κ2) is 6.77. The summed E-state index contributed by atoms with van der Waals surface area (Å²) in [5, 5.41) is 14.7. The lowest BCUT2D eigenvalue weighted by atomic mass is 10.2. The summed E-state index contributed by atoms with van der Waals surface area (Å²) in [4.78, 5) is 26.1. The highest BCUT2D eigenvalue weighted by atomic mass is 35.5. The highest BCUT2D eigenvalue weighted by Gasteiger charge is 2.18. The Morgan fingerprint density at radius 2 is 2.12 bits per heavy atom. The van der Waals surface area contributed by atoms with E-state index >= 15 is 0 Å². The molecule has 122 valence electrons. The molecule has 1 aromatic carbocycles. The first-order chi connectivity index (χ1) is 11.5. The van der Waals surface area contributed by atoms with E-state index in [1.807, 2.05) is 0 Å².